The fraction of sp³-hybridized carbons (Fsp3) is 0.833. The molecule has 23 heteroatoms. The average molecular weight is 769 g/mol. The molecule has 12 N–H and O–H groups in total. The second kappa shape index (κ2) is 17.4. The largest absolute Gasteiger partial charge is 0.467 e. The summed E-state index contributed by atoms with van der Waals surface area (Å²) in [5.41, 5.74) is -0.797. The summed E-state index contributed by atoms with van der Waals surface area (Å²) < 4.78 is 31.1. The molecule has 0 bridgehead atoms. The van der Waals surface area contributed by atoms with E-state index >= 15 is 0 Å². The first-order chi connectivity index (χ1) is 24.7. The first-order valence-electron chi connectivity index (χ1n) is 16.7. The fourth-order valence-corrected chi connectivity index (χ4v) is 6.03. The number of alkyl carbamates (subject to hydrolysis) is 1. The quantitative estimate of drug-likeness (QED) is 0.0820. The molecule has 4 saturated heterocycles. The lowest BCUT2D eigenvalue weighted by Crippen LogP contribution is -2.47. The van der Waals surface area contributed by atoms with Crippen molar-refractivity contribution in [1.82, 2.24) is 21.3 Å². The predicted molar refractivity (Wildman–Crippen MR) is 168 cm³/mol. The van der Waals surface area contributed by atoms with Crippen molar-refractivity contribution in [2.75, 3.05) is 33.3 Å². The van der Waals surface area contributed by atoms with E-state index in [0.29, 0.717) is 0 Å². The minimum Gasteiger partial charge on any atom is -0.467 e. The number of hydrogen-bond donors (Lipinski definition) is 12. The molecule has 53 heavy (non-hydrogen) atoms. The van der Waals surface area contributed by atoms with Gasteiger partial charge in [0.25, 0.3) is 17.7 Å². The molecule has 23 nitrogen and oxygen atoms in total. The van der Waals surface area contributed by atoms with Crippen molar-refractivity contribution >= 4 is 29.8 Å². The minimum atomic E-state index is -1.79. The number of hydrogen-bond acceptors (Lipinski definition) is 19. The first-order valence-corrected chi connectivity index (χ1v) is 16.7. The normalized spacial score (nSPS) is 39.7. The molecule has 4 fully saturated rings. The van der Waals surface area contributed by atoms with Crippen molar-refractivity contribution in [1.29, 1.82) is 0 Å². The molecule has 302 valence electrons. The number of aliphatic hydroxyl groups excluding tert-OH is 8. The Morgan fingerprint density at radius 3 is 1.08 bits per heavy atom. The lowest BCUT2D eigenvalue weighted by molar-refractivity contribution is -0.157. The third kappa shape index (κ3) is 9.86. The summed E-state index contributed by atoms with van der Waals surface area (Å²) in [6, 6.07) is 0. The van der Waals surface area contributed by atoms with Gasteiger partial charge in [0.05, 0.1) is 7.11 Å². The number of esters is 1. The third-order valence-electron chi connectivity index (χ3n) is 8.94. The Labute approximate surface area is 301 Å². The number of carbonyl (C=O) groups excluding carboxylic acids is 5. The number of amides is 4. The van der Waals surface area contributed by atoms with Crippen molar-refractivity contribution in [2.24, 2.45) is 0 Å². The average Bonchev–Trinajstić information content (AvgIpc) is 3.76. The highest BCUT2D eigenvalue weighted by atomic mass is 16.6. The van der Waals surface area contributed by atoms with Crippen molar-refractivity contribution in [3.05, 3.63) is 0 Å². The van der Waals surface area contributed by atoms with E-state index in [9.17, 15) is 64.8 Å². The lowest BCUT2D eigenvalue weighted by atomic mass is 10.1. The van der Waals surface area contributed by atoms with Crippen LogP contribution in [0.4, 0.5) is 4.79 Å². The van der Waals surface area contributed by atoms with Crippen LogP contribution in [0.3, 0.4) is 0 Å². The summed E-state index contributed by atoms with van der Waals surface area (Å²) in [6.45, 7) is 3.20. The highest BCUT2D eigenvalue weighted by Crippen LogP contribution is 2.26. The van der Waals surface area contributed by atoms with Crippen LogP contribution in [0.2, 0.25) is 0 Å². The molecule has 0 spiro atoms. The molecule has 0 unspecified atom stereocenters. The Morgan fingerprint density at radius 2 is 0.774 bits per heavy atom. The van der Waals surface area contributed by atoms with Crippen LogP contribution in [0.1, 0.15) is 20.8 Å². The van der Waals surface area contributed by atoms with Gasteiger partial charge < -0.3 is 90.5 Å². The van der Waals surface area contributed by atoms with Gasteiger partial charge in [-0.15, -0.1) is 0 Å². The second-order valence-electron chi connectivity index (χ2n) is 13.9. The van der Waals surface area contributed by atoms with Gasteiger partial charge in [-0.2, -0.15) is 0 Å². The molecular weight excluding hydrogens is 720 g/mol. The zero-order chi connectivity index (χ0) is 39.5. The van der Waals surface area contributed by atoms with Gasteiger partial charge in [0.2, 0.25) is 0 Å². The topological polar surface area (TPSA) is 351 Å². The van der Waals surface area contributed by atoms with E-state index < -0.39 is 153 Å². The molecule has 0 aromatic carbocycles. The number of ether oxygens (including phenoxy) is 6. The Balaban J connectivity index is 1.21. The third-order valence-corrected chi connectivity index (χ3v) is 8.94. The van der Waals surface area contributed by atoms with E-state index in [4.69, 9.17) is 23.7 Å². The molecule has 4 aliphatic heterocycles. The SMILES string of the molecule is COC(=O)[C@@H]1O[C@H](CNC(=O)[C@@H]2O[C@H](CNC(=O)[C@@H]3O[C@H](CNC(=O)[C@@H]4O[C@H](CNC(=O)OC(C)(C)C)[C@@H](O)[C@@H]4O)[C@@H](O)[C@@H]3O)[C@@H](O)[C@@H]2O)[C@@H](O)[C@@H]1O. The summed E-state index contributed by atoms with van der Waals surface area (Å²) in [4.78, 5) is 62.0. The van der Waals surface area contributed by atoms with Gasteiger partial charge in [0.1, 0.15) is 78.8 Å². The maximum absolute atomic E-state index is 12.9. The van der Waals surface area contributed by atoms with Crippen LogP contribution >= 0.6 is 0 Å². The van der Waals surface area contributed by atoms with Crippen molar-refractivity contribution in [2.45, 2.75) is 124 Å². The summed E-state index contributed by atoms with van der Waals surface area (Å²) in [5, 5.41) is 91.9. The zero-order valence-electron chi connectivity index (χ0n) is 29.1. The Bertz CT molecular complexity index is 1330. The summed E-state index contributed by atoms with van der Waals surface area (Å²) in [7, 11) is 1.05. The second-order valence-corrected chi connectivity index (χ2v) is 13.9. The molecule has 0 aliphatic carbocycles. The molecule has 4 amide bonds. The van der Waals surface area contributed by atoms with Crippen molar-refractivity contribution < 1.29 is 93.2 Å². The Kier molecular flexibility index (Phi) is 13.9. The lowest BCUT2D eigenvalue weighted by Gasteiger charge is -2.21. The molecule has 4 heterocycles. The number of rotatable bonds is 12. The van der Waals surface area contributed by atoms with E-state index in [-0.39, 0.29) is 6.54 Å². The van der Waals surface area contributed by atoms with E-state index in [2.05, 4.69) is 26.0 Å². The standard InChI is InChI=1S/C30H48N4O19/c1-30(2,3)53-29(47)34-8-12-15(37)19(41)23(51-12)27(45)32-6-10-13(35)17(39)21(49-10)25(43)31-5-9-14(36)18(40)22(50-9)26(44)33-7-11-16(38)20(42)24(52-11)28(46)48-4/h9-24,35-42H,5-8H2,1-4H3,(H,31,43)(H,32,45)(H,33,44)(H,34,47)/t9-,10-,11-,12-,13-,14-,15-,16-,17+,18+,19+,20+,21-,22-,23-,24-/m1/s1. The molecule has 0 radical (unpaired) electrons. The van der Waals surface area contributed by atoms with E-state index in [0.717, 1.165) is 7.11 Å². The zero-order valence-corrected chi connectivity index (χ0v) is 29.1. The number of aliphatic hydroxyl groups is 8. The van der Waals surface area contributed by atoms with E-state index in [1.807, 2.05) is 0 Å². The van der Waals surface area contributed by atoms with Gasteiger partial charge in [-0.25, -0.2) is 9.59 Å². The van der Waals surface area contributed by atoms with Gasteiger partial charge in [-0.3, -0.25) is 14.4 Å². The summed E-state index contributed by atoms with van der Waals surface area (Å²) >= 11 is 0. The predicted octanol–water partition coefficient (Wildman–Crippen LogP) is -8.01. The Hall–Kier alpha value is -3.33. The molecule has 16 atom stereocenters. The fourth-order valence-electron chi connectivity index (χ4n) is 6.03. The number of methoxy groups -OCH3 is 1. The van der Waals surface area contributed by atoms with Crippen LogP contribution < -0.4 is 21.3 Å². The van der Waals surface area contributed by atoms with Gasteiger partial charge in [0, 0.05) is 26.2 Å². The highest BCUT2D eigenvalue weighted by molar-refractivity contribution is 5.83. The van der Waals surface area contributed by atoms with Crippen molar-refractivity contribution in [3.8, 4) is 0 Å². The minimum absolute atomic E-state index is 0.299. The maximum atomic E-state index is 12.9. The van der Waals surface area contributed by atoms with Gasteiger partial charge in [-0.1, -0.05) is 0 Å². The van der Waals surface area contributed by atoms with Crippen LogP contribution in [0, 0.1) is 0 Å². The molecule has 0 aromatic rings. The van der Waals surface area contributed by atoms with Gasteiger partial charge in [-0.05, 0) is 20.8 Å². The summed E-state index contributed by atoms with van der Waals surface area (Å²) in [6.07, 6.45) is -25.7. The maximum Gasteiger partial charge on any atom is 0.407 e. The van der Waals surface area contributed by atoms with Gasteiger partial charge in [0.15, 0.2) is 24.4 Å². The molecule has 4 rings (SSSR count). The molecular formula is C30H48N4O19. The van der Waals surface area contributed by atoms with Crippen LogP contribution in [-0.4, -0.2) is 207 Å². The smallest absolute Gasteiger partial charge is 0.407 e. The monoisotopic (exact) mass is 768 g/mol. The van der Waals surface area contributed by atoms with Crippen molar-refractivity contribution in [3.63, 3.8) is 0 Å². The van der Waals surface area contributed by atoms with E-state index in [1.54, 1.807) is 20.8 Å². The molecule has 4 aliphatic rings. The molecule has 0 aromatic heterocycles. The highest BCUT2D eigenvalue weighted by Gasteiger charge is 2.51. The van der Waals surface area contributed by atoms with E-state index in [1.165, 1.54) is 0 Å². The van der Waals surface area contributed by atoms with Gasteiger partial charge >= 0.3 is 12.1 Å². The summed E-state index contributed by atoms with van der Waals surface area (Å²) in [5.74, 6) is -3.83. The van der Waals surface area contributed by atoms with Crippen LogP contribution in [0.5, 0.6) is 0 Å². The van der Waals surface area contributed by atoms with Crippen LogP contribution in [0.25, 0.3) is 0 Å². The Morgan fingerprint density at radius 1 is 0.491 bits per heavy atom. The number of carbonyl (C=O) groups is 5. The van der Waals surface area contributed by atoms with Crippen LogP contribution in [0.15, 0.2) is 0 Å². The van der Waals surface area contributed by atoms with Crippen LogP contribution in [-0.2, 0) is 47.6 Å². The molecule has 0 saturated carbocycles. The number of nitrogens with one attached hydrogen (secondary N) is 4. The first kappa shape index (κ1) is 42.4.